The summed E-state index contributed by atoms with van der Waals surface area (Å²) < 4.78 is 11.4. The summed E-state index contributed by atoms with van der Waals surface area (Å²) in [6, 6.07) is 16.0. The summed E-state index contributed by atoms with van der Waals surface area (Å²) in [6.45, 7) is 9.44. The van der Waals surface area contributed by atoms with Crippen LogP contribution in [-0.4, -0.2) is 50.7 Å². The van der Waals surface area contributed by atoms with Gasteiger partial charge in [-0.25, -0.2) is 0 Å². The molecule has 2 aromatic carbocycles. The van der Waals surface area contributed by atoms with E-state index >= 15 is 0 Å². The zero-order valence-electron chi connectivity index (χ0n) is 17.3. The van der Waals surface area contributed by atoms with Crippen LogP contribution in [-0.2, 0) is 10.2 Å². The van der Waals surface area contributed by atoms with Gasteiger partial charge in [0.15, 0.2) is 6.61 Å². The Morgan fingerprint density at radius 2 is 1.54 bits per heavy atom. The van der Waals surface area contributed by atoms with E-state index in [0.717, 1.165) is 35.8 Å². The molecular formula is C23H30N2O3. The first-order chi connectivity index (χ1) is 13.4. The van der Waals surface area contributed by atoms with Gasteiger partial charge in [0.2, 0.25) is 0 Å². The zero-order chi connectivity index (χ0) is 20.1. The standard InChI is InChI=1S/C23H30N2O3/c1-23(2,3)18-9-5-7-11-20(18)28-17-22(26)25-15-13-24(14-16-25)19-10-6-8-12-21(19)27-4/h5-12H,13-17H2,1-4H3. The number of hydrogen-bond donors (Lipinski definition) is 0. The number of hydrogen-bond acceptors (Lipinski definition) is 4. The van der Waals surface area contributed by atoms with E-state index in [-0.39, 0.29) is 17.9 Å². The maximum absolute atomic E-state index is 12.7. The van der Waals surface area contributed by atoms with Crippen LogP contribution in [0.25, 0.3) is 0 Å². The normalized spacial score (nSPS) is 14.7. The summed E-state index contributed by atoms with van der Waals surface area (Å²) in [7, 11) is 1.69. The third kappa shape index (κ3) is 4.58. The molecule has 1 fully saturated rings. The van der Waals surface area contributed by atoms with Gasteiger partial charge in [-0.2, -0.15) is 0 Å². The van der Waals surface area contributed by atoms with Crippen LogP contribution in [0.4, 0.5) is 5.69 Å². The predicted octanol–water partition coefficient (Wildman–Crippen LogP) is 3.72. The van der Waals surface area contributed by atoms with Gasteiger partial charge in [0.25, 0.3) is 5.91 Å². The van der Waals surface area contributed by atoms with Crippen molar-refractivity contribution in [2.45, 2.75) is 26.2 Å². The highest BCUT2D eigenvalue weighted by atomic mass is 16.5. The lowest BCUT2D eigenvalue weighted by atomic mass is 9.86. The summed E-state index contributed by atoms with van der Waals surface area (Å²) in [5.41, 5.74) is 2.16. The molecule has 5 heteroatoms. The monoisotopic (exact) mass is 382 g/mol. The van der Waals surface area contributed by atoms with Crippen molar-refractivity contribution >= 4 is 11.6 Å². The average molecular weight is 383 g/mol. The Bertz CT molecular complexity index is 805. The highest BCUT2D eigenvalue weighted by Gasteiger charge is 2.24. The first-order valence-corrected chi connectivity index (χ1v) is 9.78. The van der Waals surface area contributed by atoms with Gasteiger partial charge in [0.1, 0.15) is 11.5 Å². The number of ether oxygens (including phenoxy) is 2. The third-order valence-electron chi connectivity index (χ3n) is 5.10. The lowest BCUT2D eigenvalue weighted by Crippen LogP contribution is -2.50. The van der Waals surface area contributed by atoms with Crippen LogP contribution in [0.5, 0.6) is 11.5 Å². The number of para-hydroxylation sites is 3. The fraction of sp³-hybridized carbons (Fsp3) is 0.435. The number of nitrogens with zero attached hydrogens (tertiary/aromatic N) is 2. The molecule has 1 heterocycles. The second kappa shape index (κ2) is 8.55. The Morgan fingerprint density at radius 1 is 0.929 bits per heavy atom. The van der Waals surface area contributed by atoms with Crippen molar-refractivity contribution < 1.29 is 14.3 Å². The summed E-state index contributed by atoms with van der Waals surface area (Å²) in [4.78, 5) is 16.8. The molecule has 1 aliphatic heterocycles. The van der Waals surface area contributed by atoms with Crippen molar-refractivity contribution in [3.63, 3.8) is 0 Å². The molecule has 0 aromatic heterocycles. The van der Waals surface area contributed by atoms with Gasteiger partial charge in [0.05, 0.1) is 12.8 Å². The topological polar surface area (TPSA) is 42.0 Å². The zero-order valence-corrected chi connectivity index (χ0v) is 17.3. The first-order valence-electron chi connectivity index (χ1n) is 9.78. The van der Waals surface area contributed by atoms with Crippen LogP contribution in [0.3, 0.4) is 0 Å². The van der Waals surface area contributed by atoms with E-state index < -0.39 is 0 Å². The molecule has 0 bridgehead atoms. The Labute approximate surface area is 167 Å². The maximum Gasteiger partial charge on any atom is 0.260 e. The molecule has 1 amide bonds. The number of methoxy groups -OCH3 is 1. The molecule has 0 spiro atoms. The third-order valence-corrected chi connectivity index (χ3v) is 5.10. The minimum atomic E-state index is -0.0278. The van der Waals surface area contributed by atoms with E-state index in [1.807, 2.05) is 41.3 Å². The molecule has 0 saturated carbocycles. The van der Waals surface area contributed by atoms with E-state index in [2.05, 4.69) is 37.8 Å². The van der Waals surface area contributed by atoms with E-state index in [0.29, 0.717) is 13.1 Å². The number of benzene rings is 2. The lowest BCUT2D eigenvalue weighted by Gasteiger charge is -2.36. The van der Waals surface area contributed by atoms with Crippen LogP contribution in [0.15, 0.2) is 48.5 Å². The highest BCUT2D eigenvalue weighted by molar-refractivity contribution is 5.78. The number of amides is 1. The first kappa shape index (κ1) is 20.1. The molecule has 28 heavy (non-hydrogen) atoms. The van der Waals surface area contributed by atoms with Crippen molar-refractivity contribution in [3.05, 3.63) is 54.1 Å². The largest absolute Gasteiger partial charge is 0.495 e. The van der Waals surface area contributed by atoms with Gasteiger partial charge < -0.3 is 19.3 Å². The van der Waals surface area contributed by atoms with E-state index in [4.69, 9.17) is 9.47 Å². The quantitative estimate of drug-likeness (QED) is 0.790. The summed E-state index contributed by atoms with van der Waals surface area (Å²) in [6.07, 6.45) is 0. The van der Waals surface area contributed by atoms with Crippen LogP contribution < -0.4 is 14.4 Å². The molecule has 0 aliphatic carbocycles. The van der Waals surface area contributed by atoms with Gasteiger partial charge in [-0.15, -0.1) is 0 Å². The molecule has 2 aromatic rings. The summed E-state index contributed by atoms with van der Waals surface area (Å²) in [5, 5.41) is 0. The van der Waals surface area contributed by atoms with E-state index in [9.17, 15) is 4.79 Å². The predicted molar refractivity (Wildman–Crippen MR) is 112 cm³/mol. The van der Waals surface area contributed by atoms with E-state index in [1.165, 1.54) is 0 Å². The van der Waals surface area contributed by atoms with E-state index in [1.54, 1.807) is 7.11 Å². The SMILES string of the molecule is COc1ccccc1N1CCN(C(=O)COc2ccccc2C(C)(C)C)CC1. The van der Waals surface area contributed by atoms with Crippen molar-refractivity contribution in [1.29, 1.82) is 0 Å². The Morgan fingerprint density at radius 3 is 2.18 bits per heavy atom. The Kier molecular flexibility index (Phi) is 6.12. The highest BCUT2D eigenvalue weighted by Crippen LogP contribution is 2.31. The van der Waals surface area contributed by atoms with Gasteiger partial charge in [-0.3, -0.25) is 4.79 Å². The molecule has 150 valence electrons. The molecule has 0 unspecified atom stereocenters. The second-order valence-corrected chi connectivity index (χ2v) is 8.07. The fourth-order valence-electron chi connectivity index (χ4n) is 3.53. The van der Waals surface area contributed by atoms with Crippen molar-refractivity contribution in [1.82, 2.24) is 4.90 Å². The summed E-state index contributed by atoms with van der Waals surface area (Å²) >= 11 is 0. The maximum atomic E-state index is 12.7. The fourth-order valence-corrected chi connectivity index (χ4v) is 3.53. The lowest BCUT2D eigenvalue weighted by molar-refractivity contribution is -0.133. The summed E-state index contributed by atoms with van der Waals surface area (Å²) in [5.74, 6) is 1.68. The van der Waals surface area contributed by atoms with Gasteiger partial charge in [-0.1, -0.05) is 51.1 Å². The molecule has 0 radical (unpaired) electrons. The van der Waals surface area contributed by atoms with Crippen molar-refractivity contribution in [2.24, 2.45) is 0 Å². The van der Waals surface area contributed by atoms with Gasteiger partial charge in [-0.05, 0) is 29.2 Å². The van der Waals surface area contributed by atoms with Gasteiger partial charge in [0, 0.05) is 26.2 Å². The molecule has 0 N–H and O–H groups in total. The molecule has 0 atom stereocenters. The second-order valence-electron chi connectivity index (χ2n) is 8.07. The van der Waals surface area contributed by atoms with Crippen molar-refractivity contribution in [3.8, 4) is 11.5 Å². The number of carbonyl (C=O) groups is 1. The van der Waals surface area contributed by atoms with Crippen LogP contribution in [0, 0.1) is 0 Å². The number of carbonyl (C=O) groups excluding carboxylic acids is 1. The average Bonchev–Trinajstić information content (AvgIpc) is 2.71. The van der Waals surface area contributed by atoms with Crippen LogP contribution in [0.1, 0.15) is 26.3 Å². The van der Waals surface area contributed by atoms with Crippen LogP contribution in [0.2, 0.25) is 0 Å². The molecule has 1 aliphatic rings. The van der Waals surface area contributed by atoms with Crippen molar-refractivity contribution in [2.75, 3.05) is 44.8 Å². The molecule has 5 nitrogen and oxygen atoms in total. The van der Waals surface area contributed by atoms with Gasteiger partial charge >= 0.3 is 0 Å². The number of rotatable bonds is 5. The smallest absolute Gasteiger partial charge is 0.260 e. The molecule has 3 rings (SSSR count). The molecular weight excluding hydrogens is 352 g/mol. The minimum absolute atomic E-state index is 0.0278. The van der Waals surface area contributed by atoms with Crippen LogP contribution >= 0.6 is 0 Å². The number of anilines is 1. The number of piperazine rings is 1. The Balaban J connectivity index is 1.57. The minimum Gasteiger partial charge on any atom is -0.495 e. The Hall–Kier alpha value is -2.69. The molecule has 1 saturated heterocycles.